The molecule has 12 rings (SSSR count). The van der Waals surface area contributed by atoms with Crippen LogP contribution in [0.4, 0.5) is 52.0 Å². The molecule has 3 aliphatic carbocycles. The lowest BCUT2D eigenvalue weighted by Gasteiger charge is -2.34. The summed E-state index contributed by atoms with van der Waals surface area (Å²) in [4.78, 5) is 62.3. The van der Waals surface area contributed by atoms with Gasteiger partial charge in [0.15, 0.2) is 0 Å². The SMILES string of the molecule is COc1cc(Nc2ncnc(N)c2C)cc2c1C(=O)NC21CCCCC1.Cc1c(N)ncnc1Nc1cc(C#N)c2c(c1)C1(CCCCC1)NC2=O.Cc1c(N)ncnc1Nc1cc(O)c2c(c1)C1(CCCCC1)NC2=O. The number of aromatic nitrogens is 6. The lowest BCUT2D eigenvalue weighted by molar-refractivity contribution is 0.0898. The molecule has 3 aliphatic heterocycles. The maximum atomic E-state index is 12.6. The van der Waals surface area contributed by atoms with Crippen LogP contribution in [0.15, 0.2) is 55.4 Å². The molecule has 77 heavy (non-hydrogen) atoms. The van der Waals surface area contributed by atoms with Crippen molar-refractivity contribution < 1.29 is 24.2 Å². The van der Waals surface area contributed by atoms with Crippen molar-refractivity contribution >= 4 is 69.7 Å². The zero-order chi connectivity index (χ0) is 54.2. The second-order valence-corrected chi connectivity index (χ2v) is 20.9. The Balaban J connectivity index is 0.000000131. The number of nitrogens with one attached hydrogen (secondary N) is 6. The van der Waals surface area contributed by atoms with Gasteiger partial charge >= 0.3 is 0 Å². The van der Waals surface area contributed by atoms with Gasteiger partial charge in [-0.25, -0.2) is 29.9 Å². The average molecular weight is 1040 g/mol. The molecule has 0 saturated heterocycles. The highest BCUT2D eigenvalue weighted by molar-refractivity contribution is 6.05. The molecule has 0 radical (unpaired) electrons. The van der Waals surface area contributed by atoms with Gasteiger partial charge in [-0.15, -0.1) is 0 Å². The van der Waals surface area contributed by atoms with Gasteiger partial charge in [0.05, 0.1) is 46.0 Å². The zero-order valence-electron chi connectivity index (χ0n) is 43.7. The smallest absolute Gasteiger partial charge is 0.256 e. The summed E-state index contributed by atoms with van der Waals surface area (Å²) in [5.74, 6) is 3.25. The molecular weight excluding hydrogens is 977 g/mol. The van der Waals surface area contributed by atoms with E-state index >= 15 is 0 Å². The number of nitriles is 1. The summed E-state index contributed by atoms with van der Waals surface area (Å²) in [7, 11) is 1.59. The van der Waals surface area contributed by atoms with E-state index in [2.05, 4.69) is 67.9 Å². The summed E-state index contributed by atoms with van der Waals surface area (Å²) in [5, 5.41) is 39.3. The van der Waals surface area contributed by atoms with Crippen molar-refractivity contribution in [2.45, 2.75) is 134 Å². The Kier molecular flexibility index (Phi) is 13.9. The van der Waals surface area contributed by atoms with Crippen LogP contribution in [-0.2, 0) is 16.6 Å². The first-order valence-corrected chi connectivity index (χ1v) is 26.3. The van der Waals surface area contributed by atoms with Gasteiger partial charge in [0.25, 0.3) is 17.7 Å². The van der Waals surface area contributed by atoms with Crippen LogP contribution in [0, 0.1) is 32.1 Å². The highest BCUT2D eigenvalue weighted by atomic mass is 16.5. The molecule has 3 fully saturated rings. The van der Waals surface area contributed by atoms with Gasteiger partial charge in [0.2, 0.25) is 0 Å². The summed E-state index contributed by atoms with van der Waals surface area (Å²) in [6, 6.07) is 13.2. The topological polar surface area (TPSA) is 332 Å². The summed E-state index contributed by atoms with van der Waals surface area (Å²) in [6.07, 6.45) is 19.8. The number of amides is 3. The van der Waals surface area contributed by atoms with Crippen LogP contribution < -0.4 is 53.8 Å². The Morgan fingerprint density at radius 1 is 0.519 bits per heavy atom. The van der Waals surface area contributed by atoms with Crippen molar-refractivity contribution in [1.82, 2.24) is 45.9 Å². The van der Waals surface area contributed by atoms with Crippen LogP contribution in [0.3, 0.4) is 0 Å². The molecular formula is C56H64N16O5. The number of phenolic OH excluding ortho intramolecular Hbond substituents is 1. The molecule has 0 unspecified atom stereocenters. The van der Waals surface area contributed by atoms with Gasteiger partial charge in [-0.3, -0.25) is 14.4 Å². The van der Waals surface area contributed by atoms with Gasteiger partial charge in [-0.1, -0.05) is 57.8 Å². The number of carbonyl (C=O) groups excluding carboxylic acids is 3. The second-order valence-electron chi connectivity index (χ2n) is 20.9. The third kappa shape index (κ3) is 9.63. The Bertz CT molecular complexity index is 3380. The number of rotatable bonds is 7. The fourth-order valence-corrected chi connectivity index (χ4v) is 12.1. The van der Waals surface area contributed by atoms with E-state index < -0.39 is 0 Å². The molecule has 3 saturated carbocycles. The van der Waals surface area contributed by atoms with E-state index in [1.165, 1.54) is 38.2 Å². The van der Waals surface area contributed by atoms with Crippen LogP contribution in [0.25, 0.3) is 0 Å². The summed E-state index contributed by atoms with van der Waals surface area (Å²) in [5.41, 5.74) is 25.8. The monoisotopic (exact) mass is 1040 g/mol. The third-order valence-corrected chi connectivity index (χ3v) is 16.3. The Labute approximate surface area is 446 Å². The molecule has 6 aromatic rings. The van der Waals surface area contributed by atoms with Crippen LogP contribution in [0.1, 0.15) is 166 Å². The predicted molar refractivity (Wildman–Crippen MR) is 292 cm³/mol. The van der Waals surface area contributed by atoms with Crippen LogP contribution in [0.2, 0.25) is 0 Å². The summed E-state index contributed by atoms with van der Waals surface area (Å²) in [6.45, 7) is 5.54. The lowest BCUT2D eigenvalue weighted by atomic mass is 9.77. The molecule has 398 valence electrons. The van der Waals surface area contributed by atoms with Crippen molar-refractivity contribution in [2.75, 3.05) is 40.3 Å². The largest absolute Gasteiger partial charge is 0.507 e. The molecule has 3 aromatic carbocycles. The molecule has 21 heteroatoms. The number of nitrogen functional groups attached to an aromatic ring is 3. The number of nitrogens with zero attached hydrogens (tertiary/aromatic N) is 7. The maximum absolute atomic E-state index is 12.6. The summed E-state index contributed by atoms with van der Waals surface area (Å²) >= 11 is 0. The fraction of sp³-hybridized carbons (Fsp3) is 0.393. The number of ether oxygens (including phenoxy) is 1. The highest BCUT2D eigenvalue weighted by Crippen LogP contribution is 2.49. The van der Waals surface area contributed by atoms with Gasteiger partial charge in [0, 0.05) is 45.9 Å². The minimum atomic E-state index is -0.362. The lowest BCUT2D eigenvalue weighted by Crippen LogP contribution is -2.40. The van der Waals surface area contributed by atoms with Crippen molar-refractivity contribution in [3.05, 3.63) is 111 Å². The average Bonchev–Trinajstić information content (AvgIpc) is 4.12. The number of fused-ring (bicyclic) bond motifs is 6. The molecule has 6 aliphatic rings. The molecule has 6 heterocycles. The Morgan fingerprint density at radius 3 is 1.27 bits per heavy atom. The van der Waals surface area contributed by atoms with Crippen LogP contribution in [0.5, 0.6) is 11.5 Å². The van der Waals surface area contributed by atoms with Crippen molar-refractivity contribution in [1.29, 1.82) is 5.26 Å². The maximum Gasteiger partial charge on any atom is 0.256 e. The van der Waals surface area contributed by atoms with Gasteiger partial charge in [-0.05, 0) is 100 Å². The van der Waals surface area contributed by atoms with E-state index in [-0.39, 0.29) is 40.1 Å². The molecule has 3 amide bonds. The Hall–Kier alpha value is -8.80. The first-order chi connectivity index (χ1) is 37.1. The summed E-state index contributed by atoms with van der Waals surface area (Å²) < 4.78 is 5.54. The molecule has 0 atom stereocenters. The van der Waals surface area contributed by atoms with Gasteiger partial charge in [-0.2, -0.15) is 5.26 Å². The number of nitrogens with two attached hydrogens (primary N) is 3. The van der Waals surface area contributed by atoms with Gasteiger partial charge in [0.1, 0.15) is 71.5 Å². The molecule has 21 nitrogen and oxygen atoms in total. The van der Waals surface area contributed by atoms with E-state index in [0.29, 0.717) is 68.6 Å². The Morgan fingerprint density at radius 2 is 0.870 bits per heavy atom. The van der Waals surface area contributed by atoms with Crippen molar-refractivity contribution in [3.63, 3.8) is 0 Å². The number of hydrogen-bond donors (Lipinski definition) is 10. The minimum absolute atomic E-state index is 0.0142. The second kappa shape index (κ2) is 20.7. The van der Waals surface area contributed by atoms with E-state index in [1.54, 1.807) is 19.2 Å². The molecule has 13 N–H and O–H groups in total. The number of benzene rings is 3. The molecule has 3 aromatic heterocycles. The predicted octanol–water partition coefficient (Wildman–Crippen LogP) is 8.63. The number of phenols is 1. The number of hydrogen-bond acceptors (Lipinski definition) is 18. The van der Waals surface area contributed by atoms with E-state index in [9.17, 15) is 24.8 Å². The van der Waals surface area contributed by atoms with Gasteiger partial charge < -0.3 is 58.9 Å². The molecule has 3 spiro atoms. The van der Waals surface area contributed by atoms with E-state index in [1.807, 2.05) is 45.0 Å². The quantitative estimate of drug-likeness (QED) is 0.0715. The van der Waals surface area contributed by atoms with Crippen LogP contribution >= 0.6 is 0 Å². The number of carbonyl (C=O) groups is 3. The van der Waals surface area contributed by atoms with Crippen LogP contribution in [-0.4, -0.2) is 59.8 Å². The van der Waals surface area contributed by atoms with Crippen molar-refractivity contribution in [2.24, 2.45) is 0 Å². The minimum Gasteiger partial charge on any atom is -0.507 e. The van der Waals surface area contributed by atoms with Crippen molar-refractivity contribution in [3.8, 4) is 17.6 Å². The third-order valence-electron chi connectivity index (χ3n) is 16.3. The first-order valence-electron chi connectivity index (χ1n) is 26.3. The normalized spacial score (nSPS) is 17.7. The first kappa shape index (κ1) is 51.7. The number of aromatic hydroxyl groups is 1. The number of anilines is 9. The van der Waals surface area contributed by atoms with E-state index in [4.69, 9.17) is 21.9 Å². The standard InChI is InChI=1S/C19H20N6O.C19H23N5O2.C18H21N5O2/c1-11-16(21)22-10-23-17(11)24-13-7-12(9-20)15-14(8-13)19(25-18(15)26)5-3-2-4-6-19;1-11-16(20)21-10-22-17(11)23-12-8-13-15(14(9-12)26-2)18(25)24-19(13)6-4-3-5-7-19;1-10-15(19)20-9-21-16(10)22-11-7-12-14(13(24)8-11)17(25)23-18(12)5-3-2-4-6-18/h7-8,10H,2-6H2,1H3,(H,25,26)(H3,21,22,23,24);8-10H,3-7H2,1-2H3,(H,24,25)(H3,20,21,22,23);7-9,24H,2-6H2,1H3,(H,23,25)(H3,19,20,21,22). The molecule has 0 bridgehead atoms. The number of methoxy groups -OCH3 is 1. The van der Waals surface area contributed by atoms with E-state index in [0.717, 1.165) is 122 Å². The zero-order valence-corrected chi connectivity index (χ0v) is 43.7. The fourth-order valence-electron chi connectivity index (χ4n) is 12.1. The highest BCUT2D eigenvalue weighted by Gasteiger charge is 2.47.